The molecule has 1 heterocycles. The molecule has 0 unspecified atom stereocenters. The van der Waals surface area contributed by atoms with Crippen molar-refractivity contribution in [2.45, 2.75) is 6.61 Å². The topological polar surface area (TPSA) is 22.1 Å². The molecular weight excluding hydrogens is 296 g/mol. The van der Waals surface area contributed by atoms with Crippen LogP contribution in [0, 0.1) is 5.82 Å². The highest BCUT2D eigenvalue weighted by Crippen LogP contribution is 2.20. The van der Waals surface area contributed by atoms with E-state index in [9.17, 15) is 17.3 Å². The van der Waals surface area contributed by atoms with E-state index in [4.69, 9.17) is 16.3 Å². The molecule has 0 spiro atoms. The lowest BCUT2D eigenvalue weighted by Gasteiger charge is -2.15. The minimum Gasteiger partial charge on any atom is -0.487 e. The van der Waals surface area contributed by atoms with Crippen molar-refractivity contribution in [1.29, 1.82) is 0 Å². The first-order valence-electron chi connectivity index (χ1n) is 5.58. The fraction of sp³-hybridized carbons (Fsp3) is 0.0833. The normalized spacial score (nSPS) is 11.4. The first-order chi connectivity index (χ1) is 9.36. The van der Waals surface area contributed by atoms with Crippen LogP contribution in [0.15, 0.2) is 36.7 Å². The van der Waals surface area contributed by atoms with E-state index in [-0.39, 0.29) is 17.4 Å². The van der Waals surface area contributed by atoms with E-state index in [0.29, 0.717) is 5.56 Å². The largest absolute Gasteiger partial charge is 0.511 e. The van der Waals surface area contributed by atoms with Crippen molar-refractivity contribution in [3.63, 3.8) is 0 Å². The SMILES string of the molecule is Fc1ccc(Cl)c(COc2cncc([B-](F)(F)F)c2)c1. The number of hydrogen-bond acceptors (Lipinski definition) is 2. The number of nitrogens with zero attached hydrogens (tertiary/aromatic N) is 1. The zero-order valence-electron chi connectivity index (χ0n) is 9.99. The van der Waals surface area contributed by atoms with Gasteiger partial charge in [-0.15, -0.1) is 0 Å². The van der Waals surface area contributed by atoms with Crippen molar-refractivity contribution in [2.75, 3.05) is 0 Å². The van der Waals surface area contributed by atoms with Crippen molar-refractivity contribution in [2.24, 2.45) is 0 Å². The number of ether oxygens (including phenoxy) is 1. The standard InChI is InChI=1S/C12H8BClF4NO/c14-12-2-1-10(15)3-8(12)7-20-11-4-9(5-19-6-11)13(16,17)18/h1-6H,7H2/q-1. The lowest BCUT2D eigenvalue weighted by atomic mass is 9.81. The lowest BCUT2D eigenvalue weighted by molar-refractivity contribution is 0.304. The minimum absolute atomic E-state index is 0.0537. The van der Waals surface area contributed by atoms with Crippen LogP contribution >= 0.6 is 11.6 Å². The molecule has 0 saturated heterocycles. The van der Waals surface area contributed by atoms with Gasteiger partial charge in [0.1, 0.15) is 18.2 Å². The van der Waals surface area contributed by atoms with Crippen LogP contribution in [0.25, 0.3) is 0 Å². The highest BCUT2D eigenvalue weighted by Gasteiger charge is 2.26. The van der Waals surface area contributed by atoms with Gasteiger partial charge in [-0.2, -0.15) is 0 Å². The van der Waals surface area contributed by atoms with Gasteiger partial charge in [-0.1, -0.05) is 17.1 Å². The van der Waals surface area contributed by atoms with Crippen LogP contribution in [0.5, 0.6) is 5.75 Å². The summed E-state index contributed by atoms with van der Waals surface area (Å²) in [5.41, 5.74) is -0.512. The molecule has 2 rings (SSSR count). The summed E-state index contributed by atoms with van der Waals surface area (Å²) >= 11 is 5.83. The highest BCUT2D eigenvalue weighted by atomic mass is 35.5. The number of hydrogen-bond donors (Lipinski definition) is 0. The molecule has 1 aromatic heterocycles. The van der Waals surface area contributed by atoms with Gasteiger partial charge in [0, 0.05) is 16.8 Å². The summed E-state index contributed by atoms with van der Waals surface area (Å²) in [6.45, 7) is -5.28. The third-order valence-electron chi connectivity index (χ3n) is 2.51. The van der Waals surface area contributed by atoms with Gasteiger partial charge in [0.2, 0.25) is 0 Å². The summed E-state index contributed by atoms with van der Waals surface area (Å²) in [6, 6.07) is 4.54. The summed E-state index contributed by atoms with van der Waals surface area (Å²) < 4.78 is 55.8. The molecule has 0 radical (unpaired) electrons. The molecule has 0 bridgehead atoms. The maximum atomic E-state index is 13.0. The summed E-state index contributed by atoms with van der Waals surface area (Å²) in [6.07, 6.45) is 1.88. The molecule has 106 valence electrons. The van der Waals surface area contributed by atoms with Gasteiger partial charge in [-0.05, 0) is 24.3 Å². The Bertz CT molecular complexity index is 621. The van der Waals surface area contributed by atoms with Gasteiger partial charge in [0.25, 0.3) is 0 Å². The van der Waals surface area contributed by atoms with E-state index in [0.717, 1.165) is 24.5 Å². The summed E-state index contributed by atoms with van der Waals surface area (Å²) in [4.78, 5) is 3.47. The van der Waals surface area contributed by atoms with E-state index in [1.165, 1.54) is 12.1 Å². The smallest absolute Gasteiger partial charge is 0.487 e. The Morgan fingerprint density at radius 2 is 1.90 bits per heavy atom. The van der Waals surface area contributed by atoms with E-state index >= 15 is 0 Å². The van der Waals surface area contributed by atoms with Crippen molar-refractivity contribution in [3.05, 3.63) is 53.1 Å². The van der Waals surface area contributed by atoms with E-state index in [1.54, 1.807) is 0 Å². The molecule has 1 aromatic carbocycles. The predicted octanol–water partition coefficient (Wildman–Crippen LogP) is 3.51. The number of rotatable bonds is 4. The van der Waals surface area contributed by atoms with Gasteiger partial charge in [0.15, 0.2) is 0 Å². The summed E-state index contributed by atoms with van der Waals surface area (Å²) in [7, 11) is 0. The zero-order chi connectivity index (χ0) is 14.8. The molecule has 2 aromatic rings. The molecule has 0 aliphatic rings. The number of pyridine rings is 1. The Labute approximate surface area is 117 Å². The van der Waals surface area contributed by atoms with Crippen LogP contribution in [0.4, 0.5) is 17.3 Å². The molecule has 20 heavy (non-hydrogen) atoms. The Morgan fingerprint density at radius 1 is 1.15 bits per heavy atom. The van der Waals surface area contributed by atoms with E-state index in [1.807, 2.05) is 0 Å². The van der Waals surface area contributed by atoms with Crippen molar-refractivity contribution in [3.8, 4) is 5.75 Å². The second-order valence-electron chi connectivity index (χ2n) is 4.05. The quantitative estimate of drug-likeness (QED) is 0.637. The number of halogens is 5. The third-order valence-corrected chi connectivity index (χ3v) is 2.88. The molecule has 0 fully saturated rings. The Hall–Kier alpha value is -1.76. The van der Waals surface area contributed by atoms with Crippen LogP contribution < -0.4 is 10.2 Å². The number of benzene rings is 1. The van der Waals surface area contributed by atoms with Gasteiger partial charge >= 0.3 is 6.98 Å². The Morgan fingerprint density at radius 3 is 2.60 bits per heavy atom. The van der Waals surface area contributed by atoms with E-state index < -0.39 is 18.3 Å². The highest BCUT2D eigenvalue weighted by molar-refractivity contribution is 6.73. The molecule has 0 amide bonds. The van der Waals surface area contributed by atoms with Crippen LogP contribution in [0.3, 0.4) is 0 Å². The number of aromatic nitrogens is 1. The van der Waals surface area contributed by atoms with Gasteiger partial charge in [-0.25, -0.2) is 4.39 Å². The molecular formula is C12H8BClF4NO-. The van der Waals surface area contributed by atoms with Crippen LogP contribution in [-0.4, -0.2) is 12.0 Å². The second-order valence-corrected chi connectivity index (χ2v) is 4.46. The van der Waals surface area contributed by atoms with Crippen molar-refractivity contribution < 1.29 is 22.1 Å². The monoisotopic (exact) mass is 304 g/mol. The lowest BCUT2D eigenvalue weighted by Crippen LogP contribution is -2.34. The van der Waals surface area contributed by atoms with Gasteiger partial charge in [-0.3, -0.25) is 4.98 Å². The first kappa shape index (κ1) is 14.6. The fourth-order valence-electron chi connectivity index (χ4n) is 1.51. The average molecular weight is 304 g/mol. The Balaban J connectivity index is 2.13. The molecule has 0 saturated carbocycles. The maximum absolute atomic E-state index is 13.0. The van der Waals surface area contributed by atoms with E-state index in [2.05, 4.69) is 4.98 Å². The molecule has 2 nitrogen and oxygen atoms in total. The van der Waals surface area contributed by atoms with Crippen molar-refractivity contribution >= 4 is 24.0 Å². The van der Waals surface area contributed by atoms with Crippen LogP contribution in [-0.2, 0) is 6.61 Å². The van der Waals surface area contributed by atoms with Crippen molar-refractivity contribution in [1.82, 2.24) is 4.98 Å². The molecule has 0 aliphatic heterocycles. The molecule has 0 aliphatic carbocycles. The summed E-state index contributed by atoms with van der Waals surface area (Å²) in [5.74, 6) is -0.555. The summed E-state index contributed by atoms with van der Waals surface area (Å²) in [5, 5.41) is 0.274. The molecule has 0 N–H and O–H groups in total. The predicted molar refractivity (Wildman–Crippen MR) is 68.7 cm³/mol. The van der Waals surface area contributed by atoms with Crippen LogP contribution in [0.2, 0.25) is 5.02 Å². The first-order valence-corrected chi connectivity index (χ1v) is 5.95. The maximum Gasteiger partial charge on any atom is 0.511 e. The zero-order valence-corrected chi connectivity index (χ0v) is 10.7. The Kier molecular flexibility index (Phi) is 4.18. The van der Waals surface area contributed by atoms with Gasteiger partial charge < -0.3 is 17.7 Å². The van der Waals surface area contributed by atoms with Crippen LogP contribution in [0.1, 0.15) is 5.56 Å². The fourth-order valence-corrected chi connectivity index (χ4v) is 1.68. The minimum atomic E-state index is -5.14. The third kappa shape index (κ3) is 3.63. The van der Waals surface area contributed by atoms with Gasteiger partial charge in [0.05, 0.1) is 6.20 Å². The molecule has 0 atom stereocenters. The second kappa shape index (κ2) is 5.70. The molecule has 8 heteroatoms. The average Bonchev–Trinajstić information content (AvgIpc) is 2.39.